The van der Waals surface area contributed by atoms with Crippen molar-refractivity contribution < 1.29 is 5.11 Å². The van der Waals surface area contributed by atoms with Crippen LogP contribution in [0.1, 0.15) is 11.1 Å². The van der Waals surface area contributed by atoms with Crippen LogP contribution in [0.15, 0.2) is 12.1 Å². The highest BCUT2D eigenvalue weighted by Crippen LogP contribution is 2.31. The Balaban J connectivity index is 2.48. The summed E-state index contributed by atoms with van der Waals surface area (Å²) >= 11 is 11.7. The fourth-order valence-corrected chi connectivity index (χ4v) is 1.96. The SMILES string of the molecule is OC1Cc2cc(Cl)c(Cl)cc2C1. The monoisotopic (exact) mass is 202 g/mol. The van der Waals surface area contributed by atoms with Crippen molar-refractivity contribution in [3.63, 3.8) is 0 Å². The summed E-state index contributed by atoms with van der Waals surface area (Å²) in [5.41, 5.74) is 2.24. The Morgan fingerprint density at radius 1 is 1.08 bits per heavy atom. The molecule has 0 radical (unpaired) electrons. The molecule has 0 aromatic heterocycles. The van der Waals surface area contributed by atoms with Gasteiger partial charge in [-0.05, 0) is 36.1 Å². The summed E-state index contributed by atoms with van der Waals surface area (Å²) in [4.78, 5) is 0. The molecule has 1 nitrogen and oxygen atoms in total. The van der Waals surface area contributed by atoms with E-state index < -0.39 is 0 Å². The minimum absolute atomic E-state index is 0.255. The van der Waals surface area contributed by atoms with Crippen molar-refractivity contribution in [1.29, 1.82) is 0 Å². The van der Waals surface area contributed by atoms with Crippen molar-refractivity contribution in [2.75, 3.05) is 0 Å². The van der Waals surface area contributed by atoms with Gasteiger partial charge in [0, 0.05) is 0 Å². The third-order valence-electron chi connectivity index (χ3n) is 2.15. The van der Waals surface area contributed by atoms with E-state index in [1.807, 2.05) is 12.1 Å². The van der Waals surface area contributed by atoms with Crippen LogP contribution < -0.4 is 0 Å². The Bertz CT molecular complexity index is 292. The Kier molecular flexibility index (Phi) is 2.03. The van der Waals surface area contributed by atoms with Crippen molar-refractivity contribution in [1.82, 2.24) is 0 Å². The third-order valence-corrected chi connectivity index (χ3v) is 2.88. The predicted molar refractivity (Wildman–Crippen MR) is 49.9 cm³/mol. The van der Waals surface area contributed by atoms with Crippen LogP contribution in [-0.4, -0.2) is 11.2 Å². The first-order valence-electron chi connectivity index (χ1n) is 3.81. The first-order chi connectivity index (χ1) is 5.66. The summed E-state index contributed by atoms with van der Waals surface area (Å²) in [7, 11) is 0. The number of fused-ring (bicyclic) bond motifs is 1. The summed E-state index contributed by atoms with van der Waals surface area (Å²) in [6, 6.07) is 3.69. The van der Waals surface area contributed by atoms with Crippen LogP contribution in [-0.2, 0) is 12.8 Å². The van der Waals surface area contributed by atoms with Gasteiger partial charge in [0.05, 0.1) is 16.1 Å². The van der Waals surface area contributed by atoms with Crippen LogP contribution in [0.25, 0.3) is 0 Å². The van der Waals surface area contributed by atoms with E-state index >= 15 is 0 Å². The molecule has 0 atom stereocenters. The van der Waals surface area contributed by atoms with Gasteiger partial charge in [-0.3, -0.25) is 0 Å². The highest BCUT2D eigenvalue weighted by Gasteiger charge is 2.20. The zero-order valence-electron chi connectivity index (χ0n) is 6.35. The van der Waals surface area contributed by atoms with Crippen molar-refractivity contribution in [3.8, 4) is 0 Å². The Morgan fingerprint density at radius 2 is 1.50 bits per heavy atom. The van der Waals surface area contributed by atoms with E-state index in [1.165, 1.54) is 0 Å². The minimum Gasteiger partial charge on any atom is -0.392 e. The van der Waals surface area contributed by atoms with Crippen molar-refractivity contribution in [2.24, 2.45) is 0 Å². The van der Waals surface area contributed by atoms with Gasteiger partial charge >= 0.3 is 0 Å². The van der Waals surface area contributed by atoms with Crippen LogP contribution in [0.4, 0.5) is 0 Å². The van der Waals surface area contributed by atoms with Crippen LogP contribution in [0, 0.1) is 0 Å². The zero-order valence-corrected chi connectivity index (χ0v) is 7.86. The number of rotatable bonds is 0. The summed E-state index contributed by atoms with van der Waals surface area (Å²) < 4.78 is 0. The van der Waals surface area contributed by atoms with Gasteiger partial charge in [0.2, 0.25) is 0 Å². The van der Waals surface area contributed by atoms with Crippen molar-refractivity contribution >= 4 is 23.2 Å². The number of hydrogen-bond acceptors (Lipinski definition) is 1. The molecule has 3 heteroatoms. The average Bonchev–Trinajstić information content (AvgIpc) is 2.30. The molecule has 0 saturated heterocycles. The molecule has 0 aliphatic heterocycles. The normalized spacial score (nSPS) is 16.6. The van der Waals surface area contributed by atoms with Gasteiger partial charge in [-0.1, -0.05) is 23.2 Å². The Hall–Kier alpha value is -0.240. The predicted octanol–water partition coefficient (Wildman–Crippen LogP) is 2.45. The van der Waals surface area contributed by atoms with E-state index in [0.29, 0.717) is 22.9 Å². The largest absolute Gasteiger partial charge is 0.392 e. The Labute approximate surface area is 80.9 Å². The molecule has 1 aliphatic rings. The molecule has 1 aliphatic carbocycles. The van der Waals surface area contributed by atoms with E-state index in [9.17, 15) is 5.11 Å². The molecule has 0 bridgehead atoms. The lowest BCUT2D eigenvalue weighted by atomic mass is 10.1. The zero-order chi connectivity index (χ0) is 8.72. The van der Waals surface area contributed by atoms with Gasteiger partial charge in [0.1, 0.15) is 0 Å². The van der Waals surface area contributed by atoms with E-state index in [0.717, 1.165) is 11.1 Å². The molecule has 0 spiro atoms. The van der Waals surface area contributed by atoms with E-state index in [-0.39, 0.29) is 6.10 Å². The van der Waals surface area contributed by atoms with Gasteiger partial charge in [-0.25, -0.2) is 0 Å². The van der Waals surface area contributed by atoms with E-state index in [1.54, 1.807) is 0 Å². The number of benzene rings is 1. The highest BCUT2D eigenvalue weighted by molar-refractivity contribution is 6.42. The maximum absolute atomic E-state index is 9.35. The van der Waals surface area contributed by atoms with Gasteiger partial charge < -0.3 is 5.11 Å². The average molecular weight is 203 g/mol. The van der Waals surface area contributed by atoms with Crippen molar-refractivity contribution in [3.05, 3.63) is 33.3 Å². The first-order valence-corrected chi connectivity index (χ1v) is 4.57. The quantitative estimate of drug-likeness (QED) is 0.686. The van der Waals surface area contributed by atoms with Gasteiger partial charge in [0.25, 0.3) is 0 Å². The smallest absolute Gasteiger partial charge is 0.0621 e. The van der Waals surface area contributed by atoms with Crippen LogP contribution >= 0.6 is 23.2 Å². The molecule has 1 aromatic carbocycles. The third kappa shape index (κ3) is 1.33. The molecule has 0 heterocycles. The second kappa shape index (κ2) is 2.91. The lowest BCUT2D eigenvalue weighted by Gasteiger charge is -2.00. The van der Waals surface area contributed by atoms with Crippen LogP contribution in [0.3, 0.4) is 0 Å². The summed E-state index contributed by atoms with van der Waals surface area (Å²) in [6.07, 6.45) is 1.15. The molecule has 0 amide bonds. The molecule has 0 fully saturated rings. The minimum atomic E-state index is -0.255. The molecule has 1 aromatic rings. The van der Waals surface area contributed by atoms with Crippen LogP contribution in [0.5, 0.6) is 0 Å². The van der Waals surface area contributed by atoms with E-state index in [2.05, 4.69) is 0 Å². The Morgan fingerprint density at radius 3 is 1.92 bits per heavy atom. The van der Waals surface area contributed by atoms with Crippen molar-refractivity contribution in [2.45, 2.75) is 18.9 Å². The molecule has 0 unspecified atom stereocenters. The molecule has 12 heavy (non-hydrogen) atoms. The molecule has 64 valence electrons. The fraction of sp³-hybridized carbons (Fsp3) is 0.333. The molecule has 2 rings (SSSR count). The number of halogens is 2. The lowest BCUT2D eigenvalue weighted by molar-refractivity contribution is 0.187. The lowest BCUT2D eigenvalue weighted by Crippen LogP contribution is -2.03. The maximum atomic E-state index is 9.35. The van der Waals surface area contributed by atoms with Crippen LogP contribution in [0.2, 0.25) is 10.0 Å². The summed E-state index contributed by atoms with van der Waals surface area (Å²) in [5, 5.41) is 10.5. The molecule has 0 saturated carbocycles. The van der Waals surface area contributed by atoms with Gasteiger partial charge in [-0.2, -0.15) is 0 Å². The highest BCUT2D eigenvalue weighted by atomic mass is 35.5. The maximum Gasteiger partial charge on any atom is 0.0621 e. The van der Waals surface area contributed by atoms with Gasteiger partial charge in [0.15, 0.2) is 0 Å². The molecular formula is C9H8Cl2O. The van der Waals surface area contributed by atoms with Gasteiger partial charge in [-0.15, -0.1) is 0 Å². The summed E-state index contributed by atoms with van der Waals surface area (Å²) in [6.45, 7) is 0. The number of aliphatic hydroxyl groups is 1. The summed E-state index contributed by atoms with van der Waals surface area (Å²) in [5.74, 6) is 0. The fourth-order valence-electron chi connectivity index (χ4n) is 1.59. The first kappa shape index (κ1) is 8.36. The number of aliphatic hydroxyl groups excluding tert-OH is 1. The second-order valence-corrected chi connectivity index (χ2v) is 3.91. The number of hydrogen-bond donors (Lipinski definition) is 1. The molecule has 1 N–H and O–H groups in total. The van der Waals surface area contributed by atoms with E-state index in [4.69, 9.17) is 23.2 Å². The second-order valence-electron chi connectivity index (χ2n) is 3.10. The molecular weight excluding hydrogens is 195 g/mol. The topological polar surface area (TPSA) is 20.2 Å². The standard InChI is InChI=1S/C9H8Cl2O/c10-8-3-5-1-7(12)2-6(5)4-9(8)11/h3-4,7,12H,1-2H2.